The van der Waals surface area contributed by atoms with Gasteiger partial charge >= 0.3 is 5.97 Å². The van der Waals surface area contributed by atoms with Crippen LogP contribution in [-0.4, -0.2) is 23.0 Å². The minimum Gasteiger partial charge on any atom is -0.479 e. The van der Waals surface area contributed by atoms with Gasteiger partial charge in [-0.1, -0.05) is 66.2 Å². The van der Waals surface area contributed by atoms with Gasteiger partial charge in [-0.25, -0.2) is 4.79 Å². The molecule has 1 aromatic heterocycles. The Labute approximate surface area is 174 Å². The lowest BCUT2D eigenvalue weighted by Gasteiger charge is -2.08. The van der Waals surface area contributed by atoms with Gasteiger partial charge in [-0.2, -0.15) is 0 Å². The summed E-state index contributed by atoms with van der Waals surface area (Å²) < 4.78 is 5.29. The van der Waals surface area contributed by atoms with Gasteiger partial charge in [-0.15, -0.1) is 11.3 Å². The van der Waals surface area contributed by atoms with Gasteiger partial charge in [0.25, 0.3) is 0 Å². The lowest BCUT2D eigenvalue weighted by atomic mass is 10.0. The third kappa shape index (κ3) is 5.50. The topological polar surface area (TPSA) is 63.6 Å². The maximum atomic E-state index is 12.8. The number of rotatable bonds is 8. The summed E-state index contributed by atoms with van der Waals surface area (Å²) in [5.74, 6) is -0.948. The molecule has 0 spiro atoms. The van der Waals surface area contributed by atoms with Crippen molar-refractivity contribution < 1.29 is 19.4 Å². The summed E-state index contributed by atoms with van der Waals surface area (Å²) in [4.78, 5) is 24.3. The normalized spacial score (nSPS) is 12.2. The average molecular weight is 407 g/mol. The van der Waals surface area contributed by atoms with Crippen LogP contribution in [0.1, 0.15) is 44.4 Å². The highest BCUT2D eigenvalue weighted by Crippen LogP contribution is 2.23. The van der Waals surface area contributed by atoms with E-state index in [0.29, 0.717) is 5.56 Å². The van der Waals surface area contributed by atoms with Gasteiger partial charge in [0, 0.05) is 5.56 Å². The van der Waals surface area contributed by atoms with E-state index in [1.54, 1.807) is 0 Å². The van der Waals surface area contributed by atoms with Crippen LogP contribution in [0.15, 0.2) is 60.0 Å². The Morgan fingerprint density at radius 3 is 2.38 bits per heavy atom. The van der Waals surface area contributed by atoms with Gasteiger partial charge in [-0.3, -0.25) is 4.79 Å². The summed E-state index contributed by atoms with van der Waals surface area (Å²) in [6.07, 6.45) is 3.06. The Morgan fingerprint density at radius 1 is 1.03 bits per heavy atom. The minimum atomic E-state index is -0.976. The lowest BCUT2D eigenvalue weighted by Crippen LogP contribution is -2.19. The zero-order valence-electron chi connectivity index (χ0n) is 16.3. The van der Waals surface area contributed by atoms with E-state index in [1.807, 2.05) is 79.1 Å². The van der Waals surface area contributed by atoms with E-state index in [-0.39, 0.29) is 12.4 Å². The average Bonchev–Trinajstić information content (AvgIpc) is 3.19. The van der Waals surface area contributed by atoms with Crippen molar-refractivity contribution in [2.24, 2.45) is 0 Å². The highest BCUT2D eigenvalue weighted by Gasteiger charge is 2.14. The van der Waals surface area contributed by atoms with E-state index in [2.05, 4.69) is 0 Å². The molecule has 0 radical (unpaired) electrons. The molecule has 29 heavy (non-hydrogen) atoms. The Bertz CT molecular complexity index is 1010. The molecule has 1 atom stereocenters. The van der Waals surface area contributed by atoms with E-state index >= 15 is 0 Å². The molecule has 0 aliphatic heterocycles. The molecule has 1 heterocycles. The number of aliphatic carboxylic acids is 1. The zero-order valence-corrected chi connectivity index (χ0v) is 17.1. The number of ketones is 1. The van der Waals surface area contributed by atoms with Crippen LogP contribution in [0.25, 0.3) is 12.2 Å². The van der Waals surface area contributed by atoms with E-state index in [9.17, 15) is 9.59 Å². The summed E-state index contributed by atoms with van der Waals surface area (Å²) in [7, 11) is 0. The second-order valence-corrected chi connectivity index (χ2v) is 7.68. The smallest absolute Gasteiger partial charge is 0.332 e. The number of hydrogen-bond donors (Lipinski definition) is 1. The van der Waals surface area contributed by atoms with Gasteiger partial charge < -0.3 is 9.84 Å². The van der Waals surface area contributed by atoms with Crippen molar-refractivity contribution >= 4 is 35.2 Å². The quantitative estimate of drug-likeness (QED) is 0.506. The van der Waals surface area contributed by atoms with E-state index in [0.717, 1.165) is 27.1 Å². The third-order valence-corrected chi connectivity index (χ3v) is 5.43. The second-order valence-electron chi connectivity index (χ2n) is 6.77. The Hall–Kier alpha value is -3.02. The first-order valence-electron chi connectivity index (χ1n) is 9.24. The van der Waals surface area contributed by atoms with Gasteiger partial charge in [0.1, 0.15) is 0 Å². The van der Waals surface area contributed by atoms with Crippen molar-refractivity contribution in [2.45, 2.75) is 26.6 Å². The molecular weight excluding hydrogens is 384 g/mol. The molecule has 0 bridgehead atoms. The molecule has 1 N–H and O–H groups in total. The fourth-order valence-electron chi connectivity index (χ4n) is 2.67. The predicted octanol–water partition coefficient (Wildman–Crippen LogP) is 5.45. The SMILES string of the molecule is Cc1ccc(C(=O)c2sccc2C=Cc2ccc(CO[C@H](C)C(=O)O)cc2)cc1. The number of carboxylic acid groups (broad SMARTS) is 1. The van der Waals surface area contributed by atoms with Crippen molar-refractivity contribution in [3.63, 3.8) is 0 Å². The van der Waals surface area contributed by atoms with Crippen LogP contribution in [0, 0.1) is 6.92 Å². The van der Waals surface area contributed by atoms with Gasteiger partial charge in [0.15, 0.2) is 6.10 Å². The Balaban J connectivity index is 1.68. The van der Waals surface area contributed by atoms with Crippen molar-refractivity contribution in [3.05, 3.63) is 92.7 Å². The van der Waals surface area contributed by atoms with Crippen LogP contribution in [0.5, 0.6) is 0 Å². The van der Waals surface area contributed by atoms with Crippen LogP contribution in [0.3, 0.4) is 0 Å². The second kappa shape index (κ2) is 9.45. The molecule has 0 aliphatic carbocycles. The van der Waals surface area contributed by atoms with Gasteiger partial charge in [0.2, 0.25) is 5.78 Å². The summed E-state index contributed by atoms with van der Waals surface area (Å²) in [6.45, 7) is 3.75. The number of carbonyl (C=O) groups excluding carboxylic acids is 1. The number of benzene rings is 2. The number of aryl methyl sites for hydroxylation is 1. The van der Waals surface area contributed by atoms with Crippen molar-refractivity contribution in [1.82, 2.24) is 0 Å². The number of ether oxygens (including phenoxy) is 1. The molecule has 3 rings (SSSR count). The van der Waals surface area contributed by atoms with E-state index in [4.69, 9.17) is 9.84 Å². The molecule has 148 valence electrons. The summed E-state index contributed by atoms with van der Waals surface area (Å²) >= 11 is 1.44. The van der Waals surface area contributed by atoms with Crippen LogP contribution >= 0.6 is 11.3 Å². The summed E-state index contributed by atoms with van der Waals surface area (Å²) in [6, 6.07) is 17.2. The molecule has 5 heteroatoms. The first-order chi connectivity index (χ1) is 13.9. The third-order valence-electron chi connectivity index (χ3n) is 4.50. The number of carbonyl (C=O) groups is 2. The molecule has 3 aromatic rings. The maximum Gasteiger partial charge on any atom is 0.332 e. The molecule has 0 saturated heterocycles. The van der Waals surface area contributed by atoms with Gasteiger partial charge in [0.05, 0.1) is 11.5 Å². The molecule has 0 fully saturated rings. The van der Waals surface area contributed by atoms with Crippen LogP contribution in [0.4, 0.5) is 0 Å². The molecule has 2 aromatic carbocycles. The Kier molecular flexibility index (Phi) is 6.75. The zero-order chi connectivity index (χ0) is 20.8. The number of thiophene rings is 1. The first kappa shape index (κ1) is 20.7. The van der Waals surface area contributed by atoms with E-state index in [1.165, 1.54) is 18.3 Å². The molecule has 0 aliphatic rings. The van der Waals surface area contributed by atoms with Crippen LogP contribution < -0.4 is 0 Å². The van der Waals surface area contributed by atoms with Crippen molar-refractivity contribution in [3.8, 4) is 0 Å². The minimum absolute atomic E-state index is 0.0275. The highest BCUT2D eigenvalue weighted by atomic mass is 32.1. The summed E-state index contributed by atoms with van der Waals surface area (Å²) in [5.41, 5.74) is 4.59. The van der Waals surface area contributed by atoms with Gasteiger partial charge in [-0.05, 0) is 42.0 Å². The van der Waals surface area contributed by atoms with Crippen LogP contribution in [0.2, 0.25) is 0 Å². The largest absolute Gasteiger partial charge is 0.479 e. The van der Waals surface area contributed by atoms with E-state index < -0.39 is 12.1 Å². The molecular formula is C24H22O4S. The van der Waals surface area contributed by atoms with Crippen molar-refractivity contribution in [2.75, 3.05) is 0 Å². The standard InChI is InChI=1S/C24H22O4S/c1-16-3-10-20(11-4-16)22(25)23-21(13-14-29-23)12-9-18-5-7-19(8-6-18)15-28-17(2)24(26)27/h3-14,17H,15H2,1-2H3,(H,26,27)/t17-/m1/s1. The fourth-order valence-corrected chi connectivity index (χ4v) is 3.52. The highest BCUT2D eigenvalue weighted by molar-refractivity contribution is 7.12. The predicted molar refractivity (Wildman–Crippen MR) is 116 cm³/mol. The first-order valence-corrected chi connectivity index (χ1v) is 10.1. The molecule has 0 saturated carbocycles. The van der Waals surface area contributed by atoms with Crippen LogP contribution in [-0.2, 0) is 16.1 Å². The molecule has 0 amide bonds. The summed E-state index contributed by atoms with van der Waals surface area (Å²) in [5, 5.41) is 10.8. The lowest BCUT2D eigenvalue weighted by molar-refractivity contribution is -0.149. The molecule has 0 unspecified atom stereocenters. The Morgan fingerprint density at radius 2 is 1.72 bits per heavy atom. The number of carboxylic acids is 1. The monoisotopic (exact) mass is 406 g/mol. The van der Waals surface area contributed by atoms with Crippen molar-refractivity contribution in [1.29, 1.82) is 0 Å². The maximum absolute atomic E-state index is 12.8. The number of hydrogen-bond acceptors (Lipinski definition) is 4. The molecule has 4 nitrogen and oxygen atoms in total. The fraction of sp³-hybridized carbons (Fsp3) is 0.167.